The van der Waals surface area contributed by atoms with Crippen LogP contribution in [0.5, 0.6) is 0 Å². The summed E-state index contributed by atoms with van der Waals surface area (Å²) in [5, 5.41) is 5.24. The second kappa shape index (κ2) is 8.18. The number of rotatable bonds is 5. The Hall–Kier alpha value is -3.61. The van der Waals surface area contributed by atoms with E-state index < -0.39 is 17.5 Å². The summed E-state index contributed by atoms with van der Waals surface area (Å²) in [5.41, 5.74) is 1.73. The smallest absolute Gasteiger partial charge is 0.255 e. The van der Waals surface area contributed by atoms with Crippen LogP contribution in [0, 0.1) is 11.6 Å². The number of pyridine rings is 1. The fourth-order valence-electron chi connectivity index (χ4n) is 2.34. The van der Waals surface area contributed by atoms with Gasteiger partial charge in [0.1, 0.15) is 0 Å². The van der Waals surface area contributed by atoms with Gasteiger partial charge >= 0.3 is 0 Å². The summed E-state index contributed by atoms with van der Waals surface area (Å²) in [7, 11) is 0. The van der Waals surface area contributed by atoms with E-state index in [0.29, 0.717) is 12.1 Å². The number of amides is 2. The minimum absolute atomic E-state index is 0.137. The molecule has 2 aromatic carbocycles. The first-order valence-electron chi connectivity index (χ1n) is 8.06. The van der Waals surface area contributed by atoms with Crippen molar-refractivity contribution in [2.24, 2.45) is 0 Å². The Labute approximate surface area is 154 Å². The van der Waals surface area contributed by atoms with E-state index in [1.54, 1.807) is 24.5 Å². The van der Waals surface area contributed by atoms with E-state index in [2.05, 4.69) is 15.6 Å². The van der Waals surface area contributed by atoms with E-state index in [4.69, 9.17) is 0 Å². The lowest BCUT2D eigenvalue weighted by molar-refractivity contribution is 0.0949. The van der Waals surface area contributed by atoms with Crippen LogP contribution < -0.4 is 10.6 Å². The Morgan fingerprint density at radius 2 is 1.44 bits per heavy atom. The summed E-state index contributed by atoms with van der Waals surface area (Å²) in [4.78, 5) is 28.2. The quantitative estimate of drug-likeness (QED) is 0.725. The molecule has 1 aromatic heterocycles. The highest BCUT2D eigenvalue weighted by molar-refractivity contribution is 6.05. The molecule has 0 bridgehead atoms. The fraction of sp³-hybridized carbons (Fsp3) is 0.0500. The van der Waals surface area contributed by atoms with Gasteiger partial charge in [0.25, 0.3) is 11.8 Å². The summed E-state index contributed by atoms with van der Waals surface area (Å²) in [6, 6.07) is 12.7. The molecule has 0 fully saturated rings. The zero-order valence-corrected chi connectivity index (χ0v) is 14.1. The molecule has 0 radical (unpaired) electrons. The number of hydrogen-bond donors (Lipinski definition) is 2. The molecule has 0 aliphatic heterocycles. The van der Waals surface area contributed by atoms with Crippen molar-refractivity contribution in [1.82, 2.24) is 10.3 Å². The number of nitrogens with one attached hydrogen (secondary N) is 2. The van der Waals surface area contributed by atoms with Gasteiger partial charge in [0, 0.05) is 41.8 Å². The van der Waals surface area contributed by atoms with E-state index in [1.165, 1.54) is 30.3 Å². The second-order valence-electron chi connectivity index (χ2n) is 5.70. The molecule has 0 aliphatic carbocycles. The van der Waals surface area contributed by atoms with Gasteiger partial charge in [-0.1, -0.05) is 0 Å². The van der Waals surface area contributed by atoms with Gasteiger partial charge in [-0.25, -0.2) is 8.78 Å². The molecule has 0 atom stereocenters. The highest BCUT2D eigenvalue weighted by Gasteiger charge is 2.10. The van der Waals surface area contributed by atoms with E-state index in [9.17, 15) is 18.4 Å². The van der Waals surface area contributed by atoms with E-state index >= 15 is 0 Å². The molecule has 0 spiro atoms. The normalized spacial score (nSPS) is 10.3. The van der Waals surface area contributed by atoms with Crippen LogP contribution in [0.3, 0.4) is 0 Å². The summed E-state index contributed by atoms with van der Waals surface area (Å²) in [6.45, 7) is 0.361. The summed E-state index contributed by atoms with van der Waals surface area (Å²) >= 11 is 0. The molecule has 7 heteroatoms. The van der Waals surface area contributed by atoms with Crippen molar-refractivity contribution in [3.8, 4) is 0 Å². The van der Waals surface area contributed by atoms with Crippen LogP contribution in [0.25, 0.3) is 0 Å². The summed E-state index contributed by atoms with van der Waals surface area (Å²) in [6.07, 6.45) is 3.28. The Morgan fingerprint density at radius 1 is 0.815 bits per heavy atom. The van der Waals surface area contributed by atoms with Crippen LogP contribution in [0.1, 0.15) is 26.3 Å². The predicted molar refractivity (Wildman–Crippen MR) is 96.2 cm³/mol. The summed E-state index contributed by atoms with van der Waals surface area (Å²) < 4.78 is 26.1. The largest absolute Gasteiger partial charge is 0.348 e. The third-order valence-corrected chi connectivity index (χ3v) is 3.79. The highest BCUT2D eigenvalue weighted by atomic mass is 19.2. The maximum absolute atomic E-state index is 13.2. The first-order chi connectivity index (χ1) is 13.0. The molecule has 2 amide bonds. The van der Waals surface area contributed by atoms with Gasteiger partial charge in [-0.2, -0.15) is 0 Å². The standard InChI is InChI=1S/C20H15F2N3O2/c21-17-6-5-16(11-18(17)22)25-20(27)15-3-1-14(2-4-15)19(26)24-12-13-7-9-23-10-8-13/h1-11H,12H2,(H,24,26)(H,25,27). The number of nitrogens with zero attached hydrogens (tertiary/aromatic N) is 1. The number of benzene rings is 2. The average molecular weight is 367 g/mol. The number of carbonyl (C=O) groups is 2. The van der Waals surface area contributed by atoms with Crippen molar-refractivity contribution in [1.29, 1.82) is 0 Å². The van der Waals surface area contributed by atoms with Crippen molar-refractivity contribution in [2.45, 2.75) is 6.54 Å². The summed E-state index contributed by atoms with van der Waals surface area (Å²) in [5.74, 6) is -2.81. The third-order valence-electron chi connectivity index (χ3n) is 3.79. The third kappa shape index (κ3) is 4.72. The van der Waals surface area contributed by atoms with Crippen molar-refractivity contribution in [3.63, 3.8) is 0 Å². The van der Waals surface area contributed by atoms with E-state index in [1.807, 2.05) is 0 Å². The monoisotopic (exact) mass is 367 g/mol. The molecule has 3 aromatic rings. The van der Waals surface area contributed by atoms with Crippen LogP contribution in [0.4, 0.5) is 14.5 Å². The van der Waals surface area contributed by atoms with Crippen molar-refractivity contribution in [2.75, 3.05) is 5.32 Å². The first-order valence-corrected chi connectivity index (χ1v) is 8.06. The number of aromatic nitrogens is 1. The van der Waals surface area contributed by atoms with Crippen LogP contribution in [0.2, 0.25) is 0 Å². The molecule has 136 valence electrons. The van der Waals surface area contributed by atoms with E-state index in [-0.39, 0.29) is 17.2 Å². The molecule has 5 nitrogen and oxygen atoms in total. The number of anilines is 1. The zero-order chi connectivity index (χ0) is 19.2. The molecule has 0 unspecified atom stereocenters. The average Bonchev–Trinajstić information content (AvgIpc) is 2.70. The number of carbonyl (C=O) groups excluding carboxylic acids is 2. The maximum Gasteiger partial charge on any atom is 0.255 e. The lowest BCUT2D eigenvalue weighted by Gasteiger charge is -2.08. The SMILES string of the molecule is O=C(NCc1ccncc1)c1ccc(C(=O)Nc2ccc(F)c(F)c2)cc1. The zero-order valence-electron chi connectivity index (χ0n) is 14.1. The van der Waals surface area contributed by atoms with Gasteiger partial charge in [-0.15, -0.1) is 0 Å². The van der Waals surface area contributed by atoms with Crippen LogP contribution in [-0.2, 0) is 6.54 Å². The lowest BCUT2D eigenvalue weighted by Crippen LogP contribution is -2.23. The molecule has 0 saturated heterocycles. The molecule has 1 heterocycles. The van der Waals surface area contributed by atoms with E-state index in [0.717, 1.165) is 17.7 Å². The van der Waals surface area contributed by atoms with Crippen LogP contribution >= 0.6 is 0 Å². The van der Waals surface area contributed by atoms with Crippen LogP contribution in [-0.4, -0.2) is 16.8 Å². The Morgan fingerprint density at radius 3 is 2.07 bits per heavy atom. The minimum atomic E-state index is -1.05. The predicted octanol–water partition coefficient (Wildman–Crippen LogP) is 3.54. The molecule has 2 N–H and O–H groups in total. The van der Waals surface area contributed by atoms with Crippen molar-refractivity contribution < 1.29 is 18.4 Å². The van der Waals surface area contributed by atoms with Gasteiger partial charge < -0.3 is 10.6 Å². The molecular formula is C20H15F2N3O2. The van der Waals surface area contributed by atoms with Crippen molar-refractivity contribution in [3.05, 3.63) is 95.3 Å². The molecule has 0 saturated carbocycles. The lowest BCUT2D eigenvalue weighted by atomic mass is 10.1. The van der Waals surface area contributed by atoms with Crippen molar-refractivity contribution >= 4 is 17.5 Å². The first kappa shape index (κ1) is 18.2. The van der Waals surface area contributed by atoms with Gasteiger partial charge in [-0.3, -0.25) is 14.6 Å². The number of hydrogen-bond acceptors (Lipinski definition) is 3. The van der Waals surface area contributed by atoms with Gasteiger partial charge in [-0.05, 0) is 54.1 Å². The Kier molecular flexibility index (Phi) is 5.51. The molecular weight excluding hydrogens is 352 g/mol. The van der Waals surface area contributed by atoms with Gasteiger partial charge in [0.15, 0.2) is 11.6 Å². The topological polar surface area (TPSA) is 71.1 Å². The van der Waals surface area contributed by atoms with Gasteiger partial charge in [0.05, 0.1) is 0 Å². The maximum atomic E-state index is 13.2. The Balaban J connectivity index is 1.61. The molecule has 0 aliphatic rings. The van der Waals surface area contributed by atoms with Gasteiger partial charge in [0.2, 0.25) is 0 Å². The molecule has 3 rings (SSSR count). The Bertz CT molecular complexity index is 961. The minimum Gasteiger partial charge on any atom is -0.348 e. The second-order valence-corrected chi connectivity index (χ2v) is 5.70. The van der Waals surface area contributed by atoms with Crippen LogP contribution in [0.15, 0.2) is 67.0 Å². The molecule has 27 heavy (non-hydrogen) atoms. The number of halogens is 2. The fourth-order valence-corrected chi connectivity index (χ4v) is 2.34. The highest BCUT2D eigenvalue weighted by Crippen LogP contribution is 2.15.